The standard InChI is InChI=1S/C15H16N2O3/c1-19-11-10-16-14(18)13-8-5-9-17-15(13)20-12-6-3-2-4-7-12/h2-9H,10-11H2,1H3,(H,16,18). The molecule has 0 radical (unpaired) electrons. The number of carbonyl (C=O) groups is 1. The lowest BCUT2D eigenvalue weighted by Crippen LogP contribution is -2.27. The first kappa shape index (κ1) is 14.0. The molecule has 1 amide bonds. The third-order valence-corrected chi connectivity index (χ3v) is 2.57. The summed E-state index contributed by atoms with van der Waals surface area (Å²) in [5.74, 6) is 0.687. The molecule has 0 bridgehead atoms. The number of para-hydroxylation sites is 1. The molecule has 0 saturated heterocycles. The second kappa shape index (κ2) is 7.25. The number of benzene rings is 1. The van der Waals surface area contributed by atoms with Crippen LogP contribution in [0.5, 0.6) is 11.6 Å². The van der Waals surface area contributed by atoms with E-state index in [0.717, 1.165) is 0 Å². The Morgan fingerprint density at radius 2 is 2.00 bits per heavy atom. The monoisotopic (exact) mass is 272 g/mol. The number of carbonyl (C=O) groups excluding carboxylic acids is 1. The Hall–Kier alpha value is -2.40. The van der Waals surface area contributed by atoms with Crippen LogP contribution in [-0.2, 0) is 4.74 Å². The van der Waals surface area contributed by atoms with Gasteiger partial charge in [-0.05, 0) is 24.3 Å². The molecule has 0 spiro atoms. The molecule has 0 aliphatic carbocycles. The van der Waals surface area contributed by atoms with E-state index in [2.05, 4.69) is 10.3 Å². The lowest BCUT2D eigenvalue weighted by atomic mass is 10.2. The number of hydrogen-bond donors (Lipinski definition) is 1. The molecule has 1 heterocycles. The highest BCUT2D eigenvalue weighted by atomic mass is 16.5. The molecule has 20 heavy (non-hydrogen) atoms. The lowest BCUT2D eigenvalue weighted by Gasteiger charge is -2.10. The highest BCUT2D eigenvalue weighted by Gasteiger charge is 2.13. The van der Waals surface area contributed by atoms with Gasteiger partial charge in [-0.3, -0.25) is 4.79 Å². The number of rotatable bonds is 6. The van der Waals surface area contributed by atoms with Crippen LogP contribution >= 0.6 is 0 Å². The summed E-state index contributed by atoms with van der Waals surface area (Å²) in [7, 11) is 1.58. The van der Waals surface area contributed by atoms with Gasteiger partial charge in [0.25, 0.3) is 5.91 Å². The van der Waals surface area contributed by atoms with Gasteiger partial charge in [0.1, 0.15) is 11.3 Å². The van der Waals surface area contributed by atoms with Crippen LogP contribution in [-0.4, -0.2) is 31.2 Å². The van der Waals surface area contributed by atoms with E-state index in [4.69, 9.17) is 9.47 Å². The normalized spacial score (nSPS) is 10.1. The fourth-order valence-corrected chi connectivity index (χ4v) is 1.61. The van der Waals surface area contributed by atoms with Gasteiger partial charge in [-0.15, -0.1) is 0 Å². The number of nitrogens with one attached hydrogen (secondary N) is 1. The zero-order valence-corrected chi connectivity index (χ0v) is 11.2. The number of ether oxygens (including phenoxy) is 2. The molecule has 0 atom stereocenters. The van der Waals surface area contributed by atoms with Gasteiger partial charge in [0.05, 0.1) is 6.61 Å². The van der Waals surface area contributed by atoms with E-state index >= 15 is 0 Å². The zero-order valence-electron chi connectivity index (χ0n) is 11.2. The third-order valence-electron chi connectivity index (χ3n) is 2.57. The predicted octanol–water partition coefficient (Wildman–Crippen LogP) is 2.25. The van der Waals surface area contributed by atoms with Gasteiger partial charge in [-0.1, -0.05) is 18.2 Å². The molecule has 1 N–H and O–H groups in total. The van der Waals surface area contributed by atoms with Crippen LogP contribution in [0.25, 0.3) is 0 Å². The minimum Gasteiger partial charge on any atom is -0.438 e. The van der Waals surface area contributed by atoms with Gasteiger partial charge >= 0.3 is 0 Å². The van der Waals surface area contributed by atoms with Gasteiger partial charge in [0.2, 0.25) is 5.88 Å². The predicted molar refractivity (Wildman–Crippen MR) is 75.0 cm³/mol. The Labute approximate surface area is 117 Å². The fraction of sp³-hybridized carbons (Fsp3) is 0.200. The minimum atomic E-state index is -0.235. The summed E-state index contributed by atoms with van der Waals surface area (Å²) in [4.78, 5) is 16.2. The number of nitrogens with zero attached hydrogens (tertiary/aromatic N) is 1. The highest BCUT2D eigenvalue weighted by Crippen LogP contribution is 2.22. The van der Waals surface area contributed by atoms with Gasteiger partial charge in [0, 0.05) is 19.9 Å². The molecular weight excluding hydrogens is 256 g/mol. The van der Waals surface area contributed by atoms with Crippen LogP contribution in [0.3, 0.4) is 0 Å². The number of hydrogen-bond acceptors (Lipinski definition) is 4. The van der Waals surface area contributed by atoms with E-state index in [1.807, 2.05) is 18.2 Å². The van der Waals surface area contributed by atoms with Crippen LogP contribution in [0.1, 0.15) is 10.4 Å². The van der Waals surface area contributed by atoms with Crippen molar-refractivity contribution in [3.8, 4) is 11.6 Å². The summed E-state index contributed by atoms with van der Waals surface area (Å²) < 4.78 is 10.5. The van der Waals surface area contributed by atoms with E-state index in [9.17, 15) is 4.79 Å². The van der Waals surface area contributed by atoms with E-state index in [0.29, 0.717) is 24.5 Å². The van der Waals surface area contributed by atoms with E-state index in [-0.39, 0.29) is 11.8 Å². The number of pyridine rings is 1. The summed E-state index contributed by atoms with van der Waals surface area (Å²) in [5, 5.41) is 2.74. The summed E-state index contributed by atoms with van der Waals surface area (Å²) in [5.41, 5.74) is 0.396. The van der Waals surface area contributed by atoms with Gasteiger partial charge < -0.3 is 14.8 Å². The van der Waals surface area contributed by atoms with E-state index < -0.39 is 0 Å². The molecule has 1 aromatic carbocycles. The van der Waals surface area contributed by atoms with Crippen molar-refractivity contribution >= 4 is 5.91 Å². The average Bonchev–Trinajstić information content (AvgIpc) is 2.49. The topological polar surface area (TPSA) is 60.5 Å². The van der Waals surface area contributed by atoms with Crippen molar-refractivity contribution in [1.82, 2.24) is 10.3 Å². The molecule has 0 saturated carbocycles. The molecule has 0 fully saturated rings. The molecule has 5 nitrogen and oxygen atoms in total. The first-order valence-corrected chi connectivity index (χ1v) is 6.26. The van der Waals surface area contributed by atoms with Crippen molar-refractivity contribution in [3.63, 3.8) is 0 Å². The summed E-state index contributed by atoms with van der Waals surface area (Å²) in [6, 6.07) is 12.6. The molecule has 5 heteroatoms. The van der Waals surface area contributed by atoms with Crippen LogP contribution in [0, 0.1) is 0 Å². The van der Waals surface area contributed by atoms with Crippen molar-refractivity contribution in [3.05, 3.63) is 54.2 Å². The molecule has 0 aliphatic heterocycles. The van der Waals surface area contributed by atoms with Crippen LogP contribution in [0.2, 0.25) is 0 Å². The zero-order chi connectivity index (χ0) is 14.2. The Kier molecular flexibility index (Phi) is 5.08. The lowest BCUT2D eigenvalue weighted by molar-refractivity contribution is 0.0934. The largest absolute Gasteiger partial charge is 0.438 e. The summed E-state index contributed by atoms with van der Waals surface area (Å²) in [6.45, 7) is 0.899. The van der Waals surface area contributed by atoms with Crippen LogP contribution in [0.4, 0.5) is 0 Å². The summed E-state index contributed by atoms with van der Waals surface area (Å²) in [6.07, 6.45) is 1.59. The van der Waals surface area contributed by atoms with Crippen molar-refractivity contribution in [2.24, 2.45) is 0 Å². The molecule has 1 aromatic heterocycles. The SMILES string of the molecule is COCCNC(=O)c1cccnc1Oc1ccccc1. The maximum Gasteiger partial charge on any atom is 0.256 e. The van der Waals surface area contributed by atoms with E-state index in [1.165, 1.54) is 0 Å². The molecule has 0 aliphatic rings. The first-order valence-electron chi connectivity index (χ1n) is 6.26. The van der Waals surface area contributed by atoms with Crippen LogP contribution < -0.4 is 10.1 Å². The maximum atomic E-state index is 12.0. The quantitative estimate of drug-likeness (QED) is 0.819. The van der Waals surface area contributed by atoms with Gasteiger partial charge in [-0.2, -0.15) is 0 Å². The Morgan fingerprint density at radius 1 is 1.20 bits per heavy atom. The Balaban J connectivity index is 2.11. The second-order valence-electron chi connectivity index (χ2n) is 4.02. The fourth-order valence-electron chi connectivity index (χ4n) is 1.61. The molecule has 2 aromatic rings. The highest BCUT2D eigenvalue weighted by molar-refractivity contribution is 5.96. The summed E-state index contributed by atoms with van der Waals surface area (Å²) >= 11 is 0. The van der Waals surface area contributed by atoms with Gasteiger partial charge in [-0.25, -0.2) is 4.98 Å². The maximum absolute atomic E-state index is 12.0. The molecule has 104 valence electrons. The third kappa shape index (κ3) is 3.80. The average molecular weight is 272 g/mol. The number of methoxy groups -OCH3 is 1. The molecule has 0 unspecified atom stereocenters. The van der Waals surface area contributed by atoms with Crippen LogP contribution in [0.15, 0.2) is 48.7 Å². The van der Waals surface area contributed by atoms with Crippen molar-refractivity contribution < 1.29 is 14.3 Å². The minimum absolute atomic E-state index is 0.235. The van der Waals surface area contributed by atoms with Crippen molar-refractivity contribution in [1.29, 1.82) is 0 Å². The van der Waals surface area contributed by atoms with Gasteiger partial charge in [0.15, 0.2) is 0 Å². The Bertz CT molecular complexity index is 558. The molecule has 2 rings (SSSR count). The number of amides is 1. The number of aromatic nitrogens is 1. The van der Waals surface area contributed by atoms with E-state index in [1.54, 1.807) is 37.6 Å². The molecular formula is C15H16N2O3. The smallest absolute Gasteiger partial charge is 0.256 e. The Morgan fingerprint density at radius 3 is 2.75 bits per heavy atom. The van der Waals surface area contributed by atoms with Crippen molar-refractivity contribution in [2.45, 2.75) is 0 Å². The second-order valence-corrected chi connectivity index (χ2v) is 4.02. The first-order chi connectivity index (χ1) is 9.81. The van der Waals surface area contributed by atoms with Crippen molar-refractivity contribution in [2.75, 3.05) is 20.3 Å².